The van der Waals surface area contributed by atoms with E-state index in [1.807, 2.05) is 0 Å². The number of carbonyl (C=O) groups excluding carboxylic acids is 5. The highest BCUT2D eigenvalue weighted by Gasteiger charge is 2.48. The number of carboxylic acid groups (broad SMARTS) is 1. The number of carbonyl (C=O) groups is 6. The van der Waals surface area contributed by atoms with Crippen LogP contribution in [0.3, 0.4) is 0 Å². The van der Waals surface area contributed by atoms with Crippen LogP contribution in [0.5, 0.6) is 0 Å². The third-order valence-electron chi connectivity index (χ3n) is 4.11. The molecule has 14 nitrogen and oxygen atoms in total. The Morgan fingerprint density at radius 2 is 0.684 bits per heavy atom. The van der Waals surface area contributed by atoms with Crippen molar-refractivity contribution in [1.82, 2.24) is 0 Å². The summed E-state index contributed by atoms with van der Waals surface area (Å²) in [6, 6.07) is 0. The number of hydrogen-bond donors (Lipinski definition) is 1. The molecule has 0 aromatic carbocycles. The van der Waals surface area contributed by atoms with Gasteiger partial charge in [0, 0.05) is 30.4 Å². The molecular formula is C24H28O14. The van der Waals surface area contributed by atoms with Crippen molar-refractivity contribution in [1.29, 1.82) is 0 Å². The number of rotatable bonds is 19. The second-order valence-corrected chi connectivity index (χ2v) is 7.08. The highest BCUT2D eigenvalue weighted by Crippen LogP contribution is 2.27. The fraction of sp³-hybridized carbons (Fsp3) is 0.333. The SMILES string of the molecule is C=CC(=O)OCC(COC(=O)O)(COC(=O)C=C)OC(COC(=O)C=C)(COC(=O)C=C)COC(=O)C=C. The fourth-order valence-electron chi connectivity index (χ4n) is 2.39. The second-order valence-electron chi connectivity index (χ2n) is 7.08. The van der Waals surface area contributed by atoms with Crippen LogP contribution in [0.4, 0.5) is 4.79 Å². The minimum Gasteiger partial charge on any atom is -0.459 e. The van der Waals surface area contributed by atoms with Crippen molar-refractivity contribution < 1.29 is 67.0 Å². The van der Waals surface area contributed by atoms with E-state index in [0.717, 1.165) is 30.4 Å². The van der Waals surface area contributed by atoms with Crippen molar-refractivity contribution in [2.75, 3.05) is 39.6 Å². The lowest BCUT2D eigenvalue weighted by atomic mass is 10.0. The molecule has 38 heavy (non-hydrogen) atoms. The number of hydrogen-bond acceptors (Lipinski definition) is 13. The van der Waals surface area contributed by atoms with Crippen molar-refractivity contribution >= 4 is 36.0 Å². The standard InChI is InChI=1S/C24H28O14/c1-6-17(25)32-11-23(12-33-18(26)7-2,13-34-19(27)8-3)38-24(16-37-22(30)31,14-35-20(28)9-4)15-36-21(29)10-5/h6-10H,1-5,11-16H2,(H,30,31). The third kappa shape index (κ3) is 12.8. The number of ether oxygens (including phenoxy) is 7. The van der Waals surface area contributed by atoms with Gasteiger partial charge in [-0.05, 0) is 0 Å². The molecule has 0 unspecified atom stereocenters. The van der Waals surface area contributed by atoms with Gasteiger partial charge in [-0.1, -0.05) is 32.9 Å². The summed E-state index contributed by atoms with van der Waals surface area (Å²) in [6.07, 6.45) is 2.10. The molecule has 0 spiro atoms. The zero-order valence-corrected chi connectivity index (χ0v) is 20.4. The average Bonchev–Trinajstić information content (AvgIpc) is 2.92. The first-order valence-electron chi connectivity index (χ1n) is 10.4. The maximum Gasteiger partial charge on any atom is 0.505 e. The van der Waals surface area contributed by atoms with Crippen LogP contribution >= 0.6 is 0 Å². The van der Waals surface area contributed by atoms with Crippen molar-refractivity contribution in [2.24, 2.45) is 0 Å². The molecule has 14 heteroatoms. The average molecular weight is 540 g/mol. The molecule has 0 aromatic rings. The van der Waals surface area contributed by atoms with Gasteiger partial charge in [-0.25, -0.2) is 28.8 Å². The summed E-state index contributed by atoms with van der Waals surface area (Å²) >= 11 is 0. The Kier molecular flexibility index (Phi) is 14.8. The normalized spacial score (nSPS) is 10.5. The summed E-state index contributed by atoms with van der Waals surface area (Å²) in [4.78, 5) is 70.3. The van der Waals surface area contributed by atoms with Gasteiger partial charge in [0.1, 0.15) is 39.6 Å². The Hall–Kier alpha value is -4.72. The van der Waals surface area contributed by atoms with Crippen molar-refractivity contribution in [3.8, 4) is 0 Å². The van der Waals surface area contributed by atoms with Crippen LogP contribution in [0.25, 0.3) is 0 Å². The van der Waals surface area contributed by atoms with E-state index in [2.05, 4.69) is 37.6 Å². The third-order valence-corrected chi connectivity index (χ3v) is 4.11. The van der Waals surface area contributed by atoms with Crippen LogP contribution in [0.15, 0.2) is 63.3 Å². The molecular weight excluding hydrogens is 512 g/mol. The maximum atomic E-state index is 11.8. The van der Waals surface area contributed by atoms with E-state index in [9.17, 15) is 28.8 Å². The van der Waals surface area contributed by atoms with E-state index >= 15 is 0 Å². The van der Waals surface area contributed by atoms with E-state index in [1.54, 1.807) is 0 Å². The van der Waals surface area contributed by atoms with Crippen LogP contribution in [-0.4, -0.2) is 92.0 Å². The van der Waals surface area contributed by atoms with Crippen LogP contribution < -0.4 is 0 Å². The zero-order valence-electron chi connectivity index (χ0n) is 20.4. The molecule has 0 radical (unpaired) electrons. The van der Waals surface area contributed by atoms with Gasteiger partial charge in [0.2, 0.25) is 0 Å². The van der Waals surface area contributed by atoms with E-state index in [4.69, 9.17) is 33.5 Å². The molecule has 0 aliphatic carbocycles. The summed E-state index contributed by atoms with van der Waals surface area (Å²) in [5.74, 6) is -4.93. The Bertz CT molecular complexity index is 864. The van der Waals surface area contributed by atoms with Gasteiger partial charge in [-0.15, -0.1) is 0 Å². The molecule has 208 valence electrons. The van der Waals surface area contributed by atoms with Gasteiger partial charge in [0.25, 0.3) is 0 Å². The summed E-state index contributed by atoms with van der Waals surface area (Å²) in [7, 11) is 0. The molecule has 0 bridgehead atoms. The molecule has 0 amide bonds. The monoisotopic (exact) mass is 540 g/mol. The van der Waals surface area contributed by atoms with E-state index in [-0.39, 0.29) is 0 Å². The number of esters is 5. The van der Waals surface area contributed by atoms with E-state index in [1.165, 1.54) is 0 Å². The molecule has 0 rings (SSSR count). The largest absolute Gasteiger partial charge is 0.505 e. The molecule has 0 aliphatic heterocycles. The lowest BCUT2D eigenvalue weighted by molar-refractivity contribution is -0.251. The smallest absolute Gasteiger partial charge is 0.459 e. The van der Waals surface area contributed by atoms with Crippen LogP contribution in [0, 0.1) is 0 Å². The van der Waals surface area contributed by atoms with Crippen LogP contribution in [0.1, 0.15) is 0 Å². The highest BCUT2D eigenvalue weighted by molar-refractivity contribution is 5.83. The Morgan fingerprint density at radius 1 is 0.474 bits per heavy atom. The molecule has 0 heterocycles. The molecule has 0 saturated carbocycles. The molecule has 0 aromatic heterocycles. The quantitative estimate of drug-likeness (QED) is 0.138. The first-order valence-corrected chi connectivity index (χ1v) is 10.4. The summed E-state index contributed by atoms with van der Waals surface area (Å²) in [5, 5.41) is 9.08. The van der Waals surface area contributed by atoms with Crippen LogP contribution in [-0.2, 0) is 57.1 Å². The Morgan fingerprint density at radius 3 is 0.868 bits per heavy atom. The van der Waals surface area contributed by atoms with Gasteiger partial charge in [0.15, 0.2) is 11.2 Å². The van der Waals surface area contributed by atoms with Gasteiger partial charge < -0.3 is 38.3 Å². The molecule has 0 saturated heterocycles. The fourth-order valence-corrected chi connectivity index (χ4v) is 2.39. The van der Waals surface area contributed by atoms with Crippen molar-refractivity contribution in [2.45, 2.75) is 11.2 Å². The zero-order chi connectivity index (χ0) is 29.2. The topological polar surface area (TPSA) is 187 Å². The predicted octanol–water partition coefficient (Wildman–Crippen LogP) is 0.821. The Balaban J connectivity index is 6.79. The first-order chi connectivity index (χ1) is 17.9. The first kappa shape index (κ1) is 33.3. The minimum absolute atomic E-state index is 0.773. The Labute approximate surface area is 217 Å². The van der Waals surface area contributed by atoms with Crippen molar-refractivity contribution in [3.05, 3.63) is 63.3 Å². The minimum atomic E-state index is -2.20. The molecule has 0 atom stereocenters. The van der Waals surface area contributed by atoms with Gasteiger partial charge in [-0.2, -0.15) is 0 Å². The van der Waals surface area contributed by atoms with Crippen molar-refractivity contribution in [3.63, 3.8) is 0 Å². The lowest BCUT2D eigenvalue weighted by Gasteiger charge is -2.41. The second kappa shape index (κ2) is 16.9. The van der Waals surface area contributed by atoms with Gasteiger partial charge in [-0.3, -0.25) is 0 Å². The molecule has 0 fully saturated rings. The van der Waals surface area contributed by atoms with E-state index < -0.39 is 86.8 Å². The summed E-state index contributed by atoms with van der Waals surface area (Å²) < 4.78 is 35.7. The van der Waals surface area contributed by atoms with E-state index in [0.29, 0.717) is 0 Å². The van der Waals surface area contributed by atoms with Crippen LogP contribution in [0.2, 0.25) is 0 Å². The maximum absolute atomic E-state index is 11.8. The predicted molar refractivity (Wildman–Crippen MR) is 126 cm³/mol. The molecule has 1 N–H and O–H groups in total. The molecule has 0 aliphatic rings. The van der Waals surface area contributed by atoms with Gasteiger partial charge in [0.05, 0.1) is 0 Å². The van der Waals surface area contributed by atoms with Gasteiger partial charge >= 0.3 is 36.0 Å². The lowest BCUT2D eigenvalue weighted by Crippen LogP contribution is -2.59. The summed E-state index contributed by atoms with van der Waals surface area (Å²) in [6.45, 7) is 11.1. The highest BCUT2D eigenvalue weighted by atomic mass is 16.7. The summed E-state index contributed by atoms with van der Waals surface area (Å²) in [5.41, 5.74) is -4.34.